The lowest BCUT2D eigenvalue weighted by molar-refractivity contribution is -0.141. The number of aromatic nitrogens is 9. The lowest BCUT2D eigenvalue weighted by Crippen LogP contribution is -2.27. The number of hydrogen-bond acceptors (Lipinski definition) is 9. The molecule has 12 nitrogen and oxygen atoms in total. The second-order valence-corrected chi connectivity index (χ2v) is 6.27. The molecule has 1 N–H and O–H groups in total. The number of pyridine rings is 1. The van der Waals surface area contributed by atoms with Crippen LogP contribution in [0.4, 0.5) is 19.1 Å². The molecule has 1 amide bonds. The number of aryl methyl sites for hydroxylation is 2. The fourth-order valence-electron chi connectivity index (χ4n) is 2.57. The average molecular weight is 425 g/mol. The Hall–Kier alpha value is -3.49. The van der Waals surface area contributed by atoms with Gasteiger partial charge in [-0.05, 0) is 34.3 Å². The van der Waals surface area contributed by atoms with E-state index >= 15 is 0 Å². The fraction of sp³-hybridized carbons (Fsp3) is 0.467. The van der Waals surface area contributed by atoms with E-state index in [1.165, 1.54) is 16.5 Å². The molecule has 0 fully saturated rings. The van der Waals surface area contributed by atoms with Gasteiger partial charge in [0.2, 0.25) is 5.95 Å². The van der Waals surface area contributed by atoms with Crippen molar-refractivity contribution in [1.29, 1.82) is 0 Å². The second kappa shape index (κ2) is 8.48. The molecule has 0 aliphatic carbocycles. The van der Waals surface area contributed by atoms with Crippen molar-refractivity contribution in [2.45, 2.75) is 26.2 Å². The molecule has 160 valence electrons. The number of nitrogens with one attached hydrogen (secondary N) is 1. The first-order valence-corrected chi connectivity index (χ1v) is 8.73. The van der Waals surface area contributed by atoms with Gasteiger partial charge < -0.3 is 0 Å². The van der Waals surface area contributed by atoms with Crippen molar-refractivity contribution < 1.29 is 18.0 Å². The number of nitrogens with zero attached hydrogens (tertiary/aromatic N) is 10. The number of carbonyl (C=O) groups is 1. The summed E-state index contributed by atoms with van der Waals surface area (Å²) >= 11 is 0. The summed E-state index contributed by atoms with van der Waals surface area (Å²) in [4.78, 5) is 19.4. The molecule has 3 aromatic heterocycles. The zero-order valence-electron chi connectivity index (χ0n) is 16.3. The first-order chi connectivity index (χ1) is 14.2. The van der Waals surface area contributed by atoms with Crippen LogP contribution in [0.3, 0.4) is 0 Å². The molecule has 0 radical (unpaired) electrons. The number of tetrazole rings is 2. The molecule has 0 aliphatic rings. The van der Waals surface area contributed by atoms with Crippen molar-refractivity contribution in [3.05, 3.63) is 34.9 Å². The summed E-state index contributed by atoms with van der Waals surface area (Å²) in [5.41, 5.74) is -1.18. The molecule has 0 saturated heterocycles. The molecule has 30 heavy (non-hydrogen) atoms. The van der Waals surface area contributed by atoms with E-state index < -0.39 is 17.8 Å². The average Bonchev–Trinajstić information content (AvgIpc) is 3.28. The minimum absolute atomic E-state index is 0.0310. The van der Waals surface area contributed by atoms with Crippen molar-refractivity contribution in [2.24, 2.45) is 14.1 Å². The summed E-state index contributed by atoms with van der Waals surface area (Å²) in [7, 11) is 3.11. The number of anilines is 1. The van der Waals surface area contributed by atoms with Gasteiger partial charge in [-0.25, -0.2) is 9.67 Å². The summed E-state index contributed by atoms with van der Waals surface area (Å²) in [6, 6.07) is 1.84. The van der Waals surface area contributed by atoms with Crippen LogP contribution in [-0.4, -0.2) is 62.8 Å². The Labute approximate surface area is 168 Å². The SMILES string of the molecule is CCN(Cc1nnn(C)n1)Cc1nc(C(F)(F)F)ccc1C(=O)Nc1nnnn1C. The number of alkyl halides is 3. The van der Waals surface area contributed by atoms with Crippen molar-refractivity contribution in [3.8, 4) is 0 Å². The van der Waals surface area contributed by atoms with Crippen LogP contribution in [-0.2, 0) is 33.4 Å². The minimum atomic E-state index is -4.65. The van der Waals surface area contributed by atoms with Gasteiger partial charge in [-0.1, -0.05) is 12.0 Å². The second-order valence-electron chi connectivity index (χ2n) is 6.27. The third-order valence-electron chi connectivity index (χ3n) is 4.09. The summed E-state index contributed by atoms with van der Waals surface area (Å²) in [6.45, 7) is 2.44. The van der Waals surface area contributed by atoms with E-state index in [2.05, 4.69) is 41.2 Å². The lowest BCUT2D eigenvalue weighted by atomic mass is 10.1. The molecule has 0 unspecified atom stereocenters. The van der Waals surface area contributed by atoms with Gasteiger partial charge in [-0.15, -0.1) is 10.2 Å². The first-order valence-electron chi connectivity index (χ1n) is 8.73. The van der Waals surface area contributed by atoms with Gasteiger partial charge in [-0.2, -0.15) is 18.0 Å². The van der Waals surface area contributed by atoms with Crippen molar-refractivity contribution in [3.63, 3.8) is 0 Å². The normalized spacial score (nSPS) is 11.8. The summed E-state index contributed by atoms with van der Waals surface area (Å²) in [5.74, 6) is -0.248. The number of amides is 1. The molecule has 0 aromatic carbocycles. The lowest BCUT2D eigenvalue weighted by Gasteiger charge is -2.20. The van der Waals surface area contributed by atoms with Crippen LogP contribution < -0.4 is 5.32 Å². The number of halogens is 3. The molecule has 3 rings (SSSR count). The minimum Gasteiger partial charge on any atom is -0.290 e. The van der Waals surface area contributed by atoms with E-state index in [4.69, 9.17) is 0 Å². The maximum absolute atomic E-state index is 13.2. The molecule has 0 atom stereocenters. The van der Waals surface area contributed by atoms with Crippen LogP contribution in [0.5, 0.6) is 0 Å². The first kappa shape index (κ1) is 21.2. The topological polar surface area (TPSA) is 132 Å². The van der Waals surface area contributed by atoms with Crippen molar-refractivity contribution in [1.82, 2.24) is 50.3 Å². The monoisotopic (exact) mass is 425 g/mol. The van der Waals surface area contributed by atoms with Gasteiger partial charge in [0.25, 0.3) is 5.91 Å². The third kappa shape index (κ3) is 4.91. The van der Waals surface area contributed by atoms with E-state index in [0.717, 1.165) is 12.1 Å². The van der Waals surface area contributed by atoms with Gasteiger partial charge in [0, 0.05) is 13.6 Å². The zero-order valence-corrected chi connectivity index (χ0v) is 16.3. The summed E-state index contributed by atoms with van der Waals surface area (Å²) in [5, 5.41) is 24.8. The molecule has 0 bridgehead atoms. The highest BCUT2D eigenvalue weighted by molar-refractivity contribution is 6.04. The number of hydrogen-bond donors (Lipinski definition) is 1. The standard InChI is InChI=1S/C15H18F3N11O/c1-4-29(8-12-21-25-28(3)23-12)7-10-9(5-6-11(19-10)15(16,17)18)13(30)20-14-22-24-26-27(14)2/h5-6H,4,7-8H2,1-3H3,(H,20,22,26,30). The largest absolute Gasteiger partial charge is 0.433 e. The van der Waals surface area contributed by atoms with Crippen LogP contribution in [0.15, 0.2) is 12.1 Å². The highest BCUT2D eigenvalue weighted by atomic mass is 19.4. The molecular formula is C15H18F3N11O. The maximum atomic E-state index is 13.2. The van der Waals surface area contributed by atoms with E-state index in [9.17, 15) is 18.0 Å². The summed E-state index contributed by atoms with van der Waals surface area (Å²) in [6.07, 6.45) is -4.65. The fourth-order valence-corrected chi connectivity index (χ4v) is 2.57. The zero-order chi connectivity index (χ0) is 21.9. The van der Waals surface area contributed by atoms with Gasteiger partial charge in [-0.3, -0.25) is 15.0 Å². The predicted octanol–water partition coefficient (Wildman–Crippen LogP) is 0.422. The predicted molar refractivity (Wildman–Crippen MR) is 94.6 cm³/mol. The molecule has 0 aliphatic heterocycles. The molecular weight excluding hydrogens is 407 g/mol. The smallest absolute Gasteiger partial charge is 0.290 e. The quantitative estimate of drug-likeness (QED) is 0.572. The van der Waals surface area contributed by atoms with E-state index in [1.807, 2.05) is 6.92 Å². The summed E-state index contributed by atoms with van der Waals surface area (Å²) < 4.78 is 40.8. The van der Waals surface area contributed by atoms with Gasteiger partial charge in [0.05, 0.1) is 24.8 Å². The van der Waals surface area contributed by atoms with Crippen molar-refractivity contribution >= 4 is 11.9 Å². The van der Waals surface area contributed by atoms with Gasteiger partial charge >= 0.3 is 6.18 Å². The van der Waals surface area contributed by atoms with Gasteiger partial charge in [0.1, 0.15) is 5.69 Å². The highest BCUT2D eigenvalue weighted by Crippen LogP contribution is 2.28. The van der Waals surface area contributed by atoms with Crippen LogP contribution in [0.1, 0.15) is 34.5 Å². The Bertz CT molecular complexity index is 1030. The Kier molecular flexibility index (Phi) is 6.00. The molecule has 15 heteroatoms. The number of carbonyl (C=O) groups excluding carboxylic acids is 1. The molecule has 3 heterocycles. The molecule has 0 saturated carbocycles. The van der Waals surface area contributed by atoms with E-state index in [0.29, 0.717) is 12.4 Å². The molecule has 3 aromatic rings. The Morgan fingerprint density at radius 2 is 1.93 bits per heavy atom. The van der Waals surface area contributed by atoms with Crippen LogP contribution in [0.25, 0.3) is 0 Å². The molecule has 0 spiro atoms. The maximum Gasteiger partial charge on any atom is 0.433 e. The Balaban J connectivity index is 1.90. The third-order valence-corrected chi connectivity index (χ3v) is 4.09. The highest BCUT2D eigenvalue weighted by Gasteiger charge is 2.33. The van der Waals surface area contributed by atoms with Crippen LogP contribution in [0, 0.1) is 0 Å². The van der Waals surface area contributed by atoms with E-state index in [-0.39, 0.29) is 30.3 Å². The van der Waals surface area contributed by atoms with Crippen molar-refractivity contribution in [2.75, 3.05) is 11.9 Å². The van der Waals surface area contributed by atoms with Gasteiger partial charge in [0.15, 0.2) is 5.82 Å². The van der Waals surface area contributed by atoms with E-state index in [1.54, 1.807) is 11.9 Å². The number of rotatable bonds is 7. The Morgan fingerprint density at radius 3 is 2.50 bits per heavy atom. The Morgan fingerprint density at radius 1 is 1.17 bits per heavy atom. The van der Waals surface area contributed by atoms with Crippen LogP contribution >= 0.6 is 0 Å². The van der Waals surface area contributed by atoms with Crippen LogP contribution in [0.2, 0.25) is 0 Å².